The van der Waals surface area contributed by atoms with Crippen LogP contribution in [0.4, 0.5) is 11.4 Å². The van der Waals surface area contributed by atoms with Crippen LogP contribution < -0.4 is 10.6 Å². The molecule has 0 aliphatic rings. The minimum absolute atomic E-state index is 0.253. The first kappa shape index (κ1) is 26.2. The maximum absolute atomic E-state index is 12.7. The van der Waals surface area contributed by atoms with E-state index < -0.39 is 0 Å². The van der Waals surface area contributed by atoms with E-state index in [4.69, 9.17) is 0 Å². The number of carbonyl (C=O) groups is 2. The fourth-order valence-corrected chi connectivity index (χ4v) is 3.76. The molecule has 0 spiro atoms. The largest absolute Gasteiger partial charge is 0.363 e. The van der Waals surface area contributed by atoms with Gasteiger partial charge in [-0.05, 0) is 72.8 Å². The van der Waals surface area contributed by atoms with Crippen molar-refractivity contribution in [3.8, 4) is 0 Å². The maximum atomic E-state index is 12.7. The Balaban J connectivity index is 1.62. The minimum atomic E-state index is -0.253. The summed E-state index contributed by atoms with van der Waals surface area (Å²) >= 11 is 0. The van der Waals surface area contributed by atoms with Crippen molar-refractivity contribution in [1.29, 1.82) is 0 Å². The van der Waals surface area contributed by atoms with Crippen LogP contribution in [-0.4, -0.2) is 75.6 Å². The highest BCUT2D eigenvalue weighted by Crippen LogP contribution is 2.16. The smallest absolute Gasteiger partial charge is 0.255 e. The molecule has 0 bridgehead atoms. The lowest BCUT2D eigenvalue weighted by atomic mass is 10.1. The Morgan fingerprint density at radius 1 is 0.528 bits per heavy atom. The van der Waals surface area contributed by atoms with Gasteiger partial charge in [0, 0.05) is 75.9 Å². The standard InChI is InChI=1S/C28H32N6O2/c1-29-25(33(3)4)19-11-15-23(16-12-19)31-27(35)21-7-9-22(10-8-21)28(36)32-24-17-13-20(14-18-24)26(30-2)34(5)6/h7-18H,1-6H3,(H,31,35)(H,32,36). The van der Waals surface area contributed by atoms with Crippen LogP contribution >= 0.6 is 0 Å². The third-order valence-electron chi connectivity index (χ3n) is 5.48. The molecule has 2 N–H and O–H groups in total. The highest BCUT2D eigenvalue weighted by molar-refractivity contribution is 6.07. The van der Waals surface area contributed by atoms with Crippen molar-refractivity contribution in [3.05, 3.63) is 95.1 Å². The number of benzene rings is 3. The van der Waals surface area contributed by atoms with E-state index in [1.165, 1.54) is 0 Å². The zero-order chi connectivity index (χ0) is 26.2. The van der Waals surface area contributed by atoms with E-state index in [9.17, 15) is 9.59 Å². The van der Waals surface area contributed by atoms with Crippen molar-refractivity contribution in [2.75, 3.05) is 52.9 Å². The summed E-state index contributed by atoms with van der Waals surface area (Å²) in [6.07, 6.45) is 0. The van der Waals surface area contributed by atoms with Gasteiger partial charge in [-0.25, -0.2) is 0 Å². The molecule has 0 unspecified atom stereocenters. The number of amidine groups is 2. The molecule has 8 heteroatoms. The second-order valence-corrected chi connectivity index (χ2v) is 8.52. The molecule has 0 fully saturated rings. The van der Waals surface area contributed by atoms with Gasteiger partial charge in [-0.15, -0.1) is 0 Å². The van der Waals surface area contributed by atoms with Crippen molar-refractivity contribution >= 4 is 34.9 Å². The number of nitrogens with one attached hydrogen (secondary N) is 2. The molecule has 3 rings (SSSR count). The fourth-order valence-electron chi connectivity index (χ4n) is 3.76. The van der Waals surface area contributed by atoms with Crippen LogP contribution in [0.2, 0.25) is 0 Å². The molecule has 0 saturated heterocycles. The number of hydrogen-bond donors (Lipinski definition) is 2. The van der Waals surface area contributed by atoms with E-state index in [2.05, 4.69) is 20.6 Å². The predicted octanol–water partition coefficient (Wildman–Crippen LogP) is 4.07. The highest BCUT2D eigenvalue weighted by Gasteiger charge is 2.11. The molecule has 0 aliphatic heterocycles. The van der Waals surface area contributed by atoms with E-state index in [1.54, 1.807) is 38.4 Å². The molecule has 2 amide bonds. The number of anilines is 2. The molecule has 3 aromatic carbocycles. The Morgan fingerprint density at radius 2 is 0.806 bits per heavy atom. The summed E-state index contributed by atoms with van der Waals surface area (Å²) in [6.45, 7) is 0. The molecule has 0 aromatic heterocycles. The number of aliphatic imine (C=N–C) groups is 2. The zero-order valence-corrected chi connectivity index (χ0v) is 21.5. The van der Waals surface area contributed by atoms with E-state index in [1.807, 2.05) is 86.5 Å². The normalized spacial score (nSPS) is 11.6. The SMILES string of the molecule is CN=C(c1ccc(NC(=O)c2ccc(C(=O)Nc3ccc(C(=NC)N(C)C)cc3)cc2)cc1)N(C)C. The molecule has 3 aromatic rings. The van der Waals surface area contributed by atoms with Crippen molar-refractivity contribution < 1.29 is 9.59 Å². The summed E-state index contributed by atoms with van der Waals surface area (Å²) in [5.74, 6) is 1.20. The highest BCUT2D eigenvalue weighted by atomic mass is 16.2. The lowest BCUT2D eigenvalue weighted by Gasteiger charge is -2.16. The average molecular weight is 485 g/mol. The van der Waals surface area contributed by atoms with Crippen LogP contribution in [-0.2, 0) is 0 Å². The number of hydrogen-bond acceptors (Lipinski definition) is 4. The summed E-state index contributed by atoms with van der Waals surface area (Å²) in [7, 11) is 11.2. The van der Waals surface area contributed by atoms with Gasteiger partial charge in [0.05, 0.1) is 0 Å². The first-order valence-corrected chi connectivity index (χ1v) is 11.5. The first-order valence-electron chi connectivity index (χ1n) is 11.5. The Bertz CT molecular complexity index is 1160. The molecular formula is C28H32N6O2. The summed E-state index contributed by atoms with van der Waals surface area (Å²) in [5, 5.41) is 5.76. The zero-order valence-electron chi connectivity index (χ0n) is 21.5. The van der Waals surface area contributed by atoms with Gasteiger partial charge in [-0.3, -0.25) is 19.6 Å². The predicted molar refractivity (Wildman–Crippen MR) is 148 cm³/mol. The van der Waals surface area contributed by atoms with Gasteiger partial charge in [-0.1, -0.05) is 0 Å². The van der Waals surface area contributed by atoms with Crippen LogP contribution in [0.1, 0.15) is 31.8 Å². The molecular weight excluding hydrogens is 452 g/mol. The molecule has 186 valence electrons. The van der Waals surface area contributed by atoms with Crippen LogP contribution in [0, 0.1) is 0 Å². The van der Waals surface area contributed by atoms with E-state index in [0.717, 1.165) is 22.8 Å². The monoisotopic (exact) mass is 484 g/mol. The van der Waals surface area contributed by atoms with Crippen molar-refractivity contribution in [3.63, 3.8) is 0 Å². The lowest BCUT2D eigenvalue weighted by Crippen LogP contribution is -2.23. The molecule has 36 heavy (non-hydrogen) atoms. The van der Waals surface area contributed by atoms with E-state index in [0.29, 0.717) is 22.5 Å². The maximum Gasteiger partial charge on any atom is 0.255 e. The second-order valence-electron chi connectivity index (χ2n) is 8.52. The van der Waals surface area contributed by atoms with Gasteiger partial charge >= 0.3 is 0 Å². The second kappa shape index (κ2) is 11.8. The van der Waals surface area contributed by atoms with Gasteiger partial charge in [0.2, 0.25) is 0 Å². The lowest BCUT2D eigenvalue weighted by molar-refractivity contribution is 0.101. The molecule has 0 saturated carbocycles. The first-order chi connectivity index (χ1) is 17.2. The Morgan fingerprint density at radius 3 is 1.06 bits per heavy atom. The average Bonchev–Trinajstić information content (AvgIpc) is 2.86. The van der Waals surface area contributed by atoms with E-state index >= 15 is 0 Å². The van der Waals surface area contributed by atoms with Gasteiger partial charge in [0.15, 0.2) is 0 Å². The quantitative estimate of drug-likeness (QED) is 0.408. The van der Waals surface area contributed by atoms with Gasteiger partial charge in [0.1, 0.15) is 11.7 Å². The summed E-state index contributed by atoms with van der Waals surface area (Å²) < 4.78 is 0. The van der Waals surface area contributed by atoms with Gasteiger partial charge < -0.3 is 20.4 Å². The number of amides is 2. The van der Waals surface area contributed by atoms with Crippen molar-refractivity contribution in [1.82, 2.24) is 9.80 Å². The third-order valence-corrected chi connectivity index (χ3v) is 5.48. The van der Waals surface area contributed by atoms with Crippen LogP contribution in [0.3, 0.4) is 0 Å². The molecule has 0 heterocycles. The Hall–Kier alpha value is -4.46. The third kappa shape index (κ3) is 6.35. The number of carbonyl (C=O) groups excluding carboxylic acids is 2. The minimum Gasteiger partial charge on any atom is -0.363 e. The summed E-state index contributed by atoms with van der Waals surface area (Å²) in [4.78, 5) is 37.8. The Kier molecular flexibility index (Phi) is 8.57. The number of nitrogens with zero attached hydrogens (tertiary/aromatic N) is 4. The van der Waals surface area contributed by atoms with Crippen molar-refractivity contribution in [2.24, 2.45) is 9.98 Å². The number of rotatable bonds is 6. The molecule has 8 nitrogen and oxygen atoms in total. The van der Waals surface area contributed by atoms with Gasteiger partial charge in [0.25, 0.3) is 11.8 Å². The van der Waals surface area contributed by atoms with Gasteiger partial charge in [-0.2, -0.15) is 0 Å². The molecule has 0 radical (unpaired) electrons. The van der Waals surface area contributed by atoms with E-state index in [-0.39, 0.29) is 11.8 Å². The fraction of sp³-hybridized carbons (Fsp3) is 0.214. The van der Waals surface area contributed by atoms with Crippen LogP contribution in [0.15, 0.2) is 82.8 Å². The topological polar surface area (TPSA) is 89.4 Å². The summed E-state index contributed by atoms with van der Waals surface area (Å²) in [5.41, 5.74) is 4.19. The molecule has 0 atom stereocenters. The van der Waals surface area contributed by atoms with Crippen LogP contribution in [0.25, 0.3) is 0 Å². The Labute approximate surface area is 212 Å². The van der Waals surface area contributed by atoms with Crippen molar-refractivity contribution in [2.45, 2.75) is 0 Å². The molecule has 0 aliphatic carbocycles. The summed E-state index contributed by atoms with van der Waals surface area (Å²) in [6, 6.07) is 21.5. The van der Waals surface area contributed by atoms with Crippen LogP contribution in [0.5, 0.6) is 0 Å².